The molecule has 8 rings (SSSR count). The molecule has 7 atom stereocenters. The first-order valence-corrected chi connectivity index (χ1v) is 12.7. The Morgan fingerprint density at radius 3 is 2.19 bits per heavy atom. The average Bonchev–Trinajstić information content (AvgIpc) is 3.55. The quantitative estimate of drug-likeness (QED) is 0.274. The first kappa shape index (κ1) is 21.8. The fourth-order valence-corrected chi connectivity index (χ4v) is 7.02. The normalized spacial score (nSPS) is 33.7. The van der Waals surface area contributed by atoms with Gasteiger partial charge in [0.2, 0.25) is 17.7 Å². The topological polar surface area (TPSA) is 84.0 Å². The van der Waals surface area contributed by atoms with E-state index in [0.29, 0.717) is 34.0 Å². The van der Waals surface area contributed by atoms with Crippen LogP contribution in [0.4, 0.5) is 11.4 Å². The third-order valence-electron chi connectivity index (χ3n) is 8.55. The first-order chi connectivity index (χ1) is 17.4. The fraction of sp³-hybridized carbons (Fsp3) is 0.357. The van der Waals surface area contributed by atoms with E-state index < -0.39 is 11.9 Å². The molecule has 2 aromatic carbocycles. The lowest BCUT2D eigenvalue weighted by molar-refractivity contribution is -0.139. The Labute approximate surface area is 212 Å². The number of imide groups is 1. The van der Waals surface area contributed by atoms with Crippen LogP contribution in [0.25, 0.3) is 0 Å². The largest absolute Gasteiger partial charge is 0.426 e. The van der Waals surface area contributed by atoms with Crippen LogP contribution in [-0.4, -0.2) is 30.2 Å². The van der Waals surface area contributed by atoms with E-state index in [1.165, 1.54) is 9.80 Å². The molecule has 0 radical (unpaired) electrons. The number of ether oxygens (including phenoxy) is 1. The lowest BCUT2D eigenvalue weighted by Crippen LogP contribution is -2.40. The summed E-state index contributed by atoms with van der Waals surface area (Å²) in [6, 6.07) is 13.4. The standard InChI is InChI=1S/C28H23ClN2O5/c29-15-2-1-3-17(11-15)30-13-14(10-23(30)32)28(35)36-18-6-4-16(5-7-18)31-26(33)24-19-8-9-20(22-12-21(19)22)25(24)27(31)34/h1-9,11,14,19-22,24-25H,10,12-13H2/t14-,19-,20-,21-,22+,24-,25+/m0/s1. The van der Waals surface area contributed by atoms with E-state index in [2.05, 4.69) is 12.2 Å². The van der Waals surface area contributed by atoms with Crippen LogP contribution in [0.2, 0.25) is 5.02 Å². The molecule has 0 N–H and O–H groups in total. The SMILES string of the molecule is O=C(Oc1ccc(N2C(=O)[C@@H]3[C@H]4C=C[C@@H]([C@@H]5C[C@H]45)[C@@H]3C2=O)cc1)[C@H]1CC(=O)N(c2cccc(Cl)c2)C1. The van der Waals surface area contributed by atoms with Crippen LogP contribution in [0.3, 0.4) is 0 Å². The highest BCUT2D eigenvalue weighted by Gasteiger charge is 2.67. The van der Waals surface area contributed by atoms with Gasteiger partial charge in [-0.1, -0.05) is 29.8 Å². The summed E-state index contributed by atoms with van der Waals surface area (Å²) in [5, 5.41) is 0.515. The van der Waals surface area contributed by atoms with Crippen LogP contribution < -0.4 is 14.5 Å². The second kappa shape index (κ2) is 7.77. The minimum absolute atomic E-state index is 0.0569. The third kappa shape index (κ3) is 3.18. The number of allylic oxidation sites excluding steroid dienone is 2. The summed E-state index contributed by atoms with van der Waals surface area (Å²) in [5.74, 6) is -0.256. The first-order valence-electron chi connectivity index (χ1n) is 12.3. The molecule has 0 spiro atoms. The molecule has 2 aliphatic heterocycles. The number of halogens is 1. The number of carbonyl (C=O) groups is 4. The van der Waals surface area contributed by atoms with Crippen molar-refractivity contribution in [3.05, 3.63) is 65.7 Å². The lowest BCUT2D eigenvalue weighted by Gasteiger charge is -2.37. The summed E-state index contributed by atoms with van der Waals surface area (Å²) in [5.41, 5.74) is 1.14. The molecule has 7 nitrogen and oxygen atoms in total. The summed E-state index contributed by atoms with van der Waals surface area (Å²) >= 11 is 6.04. The number of benzene rings is 2. The summed E-state index contributed by atoms with van der Waals surface area (Å²) < 4.78 is 5.54. The second-order valence-corrected chi connectivity index (χ2v) is 10.9. The maximum Gasteiger partial charge on any atom is 0.316 e. The number of carbonyl (C=O) groups excluding carboxylic acids is 4. The molecule has 2 saturated heterocycles. The predicted molar refractivity (Wildman–Crippen MR) is 131 cm³/mol. The number of rotatable bonds is 4. The monoisotopic (exact) mass is 502 g/mol. The Kier molecular flexibility index (Phi) is 4.71. The van der Waals surface area contributed by atoms with Crippen LogP contribution in [0.1, 0.15) is 12.8 Å². The Bertz CT molecular complexity index is 1320. The summed E-state index contributed by atoms with van der Waals surface area (Å²) in [6.45, 7) is 0.216. The van der Waals surface area contributed by atoms with Crippen molar-refractivity contribution in [1.82, 2.24) is 0 Å². The molecule has 2 aromatic rings. The van der Waals surface area contributed by atoms with Gasteiger partial charge in [-0.15, -0.1) is 0 Å². The van der Waals surface area contributed by atoms with Gasteiger partial charge in [-0.25, -0.2) is 0 Å². The van der Waals surface area contributed by atoms with Gasteiger partial charge in [0.25, 0.3) is 0 Å². The number of hydrogen-bond donors (Lipinski definition) is 0. The van der Waals surface area contributed by atoms with E-state index in [1.54, 1.807) is 48.5 Å². The molecule has 8 heteroatoms. The maximum absolute atomic E-state index is 13.3. The molecule has 2 saturated carbocycles. The van der Waals surface area contributed by atoms with Crippen molar-refractivity contribution in [1.29, 1.82) is 0 Å². The molecule has 6 aliphatic rings. The van der Waals surface area contributed by atoms with Crippen molar-refractivity contribution < 1.29 is 23.9 Å². The zero-order valence-corrected chi connectivity index (χ0v) is 20.0. The summed E-state index contributed by atoms with van der Waals surface area (Å²) in [7, 11) is 0. The summed E-state index contributed by atoms with van der Waals surface area (Å²) in [6.07, 6.45) is 5.48. The van der Waals surface area contributed by atoms with Crippen molar-refractivity contribution in [3.8, 4) is 5.75 Å². The van der Waals surface area contributed by atoms with Gasteiger partial charge in [0, 0.05) is 23.7 Å². The van der Waals surface area contributed by atoms with Crippen LogP contribution in [0.15, 0.2) is 60.7 Å². The van der Waals surface area contributed by atoms with Gasteiger partial charge >= 0.3 is 5.97 Å². The van der Waals surface area contributed by atoms with Crippen LogP contribution in [0.5, 0.6) is 5.75 Å². The van der Waals surface area contributed by atoms with Crippen LogP contribution in [0, 0.1) is 41.4 Å². The lowest BCUT2D eigenvalue weighted by atomic mass is 9.63. The van der Waals surface area contributed by atoms with E-state index >= 15 is 0 Å². The molecule has 0 unspecified atom stereocenters. The van der Waals surface area contributed by atoms with E-state index in [4.69, 9.17) is 16.3 Å². The molecule has 4 fully saturated rings. The number of amides is 3. The van der Waals surface area contributed by atoms with E-state index in [1.807, 2.05) is 0 Å². The van der Waals surface area contributed by atoms with Crippen molar-refractivity contribution in [2.75, 3.05) is 16.3 Å². The molecule has 36 heavy (non-hydrogen) atoms. The van der Waals surface area contributed by atoms with Gasteiger partial charge < -0.3 is 9.64 Å². The molecule has 2 bridgehead atoms. The van der Waals surface area contributed by atoms with E-state index in [9.17, 15) is 19.2 Å². The van der Waals surface area contributed by atoms with E-state index in [-0.39, 0.29) is 54.4 Å². The zero-order chi connectivity index (χ0) is 24.7. The minimum atomic E-state index is -0.601. The second-order valence-electron chi connectivity index (χ2n) is 10.5. The zero-order valence-electron chi connectivity index (χ0n) is 19.2. The average molecular weight is 503 g/mol. The predicted octanol–water partition coefficient (Wildman–Crippen LogP) is 3.86. The Morgan fingerprint density at radius 2 is 1.56 bits per heavy atom. The van der Waals surface area contributed by atoms with Gasteiger partial charge in [-0.05, 0) is 72.6 Å². The number of nitrogens with zero attached hydrogens (tertiary/aromatic N) is 2. The Morgan fingerprint density at radius 1 is 0.889 bits per heavy atom. The Hall–Kier alpha value is -3.45. The number of anilines is 2. The van der Waals surface area contributed by atoms with Gasteiger partial charge in [-0.3, -0.25) is 24.1 Å². The fourth-order valence-electron chi connectivity index (χ4n) is 6.83. The maximum atomic E-state index is 13.3. The molecule has 4 aliphatic carbocycles. The molecular formula is C28H23ClN2O5. The minimum Gasteiger partial charge on any atom is -0.426 e. The Balaban J connectivity index is 1.04. The van der Waals surface area contributed by atoms with Crippen molar-refractivity contribution in [2.24, 2.45) is 41.4 Å². The van der Waals surface area contributed by atoms with Crippen LogP contribution in [-0.2, 0) is 19.2 Å². The highest BCUT2D eigenvalue weighted by Crippen LogP contribution is 2.65. The van der Waals surface area contributed by atoms with Gasteiger partial charge in [-0.2, -0.15) is 0 Å². The number of esters is 1. The van der Waals surface area contributed by atoms with Gasteiger partial charge in [0.05, 0.1) is 23.4 Å². The van der Waals surface area contributed by atoms with Crippen molar-refractivity contribution in [2.45, 2.75) is 12.8 Å². The molecule has 0 aromatic heterocycles. The van der Waals surface area contributed by atoms with Crippen molar-refractivity contribution in [3.63, 3.8) is 0 Å². The van der Waals surface area contributed by atoms with E-state index in [0.717, 1.165) is 6.42 Å². The highest BCUT2D eigenvalue weighted by atomic mass is 35.5. The number of hydrogen-bond acceptors (Lipinski definition) is 5. The smallest absolute Gasteiger partial charge is 0.316 e. The third-order valence-corrected chi connectivity index (χ3v) is 8.79. The summed E-state index contributed by atoms with van der Waals surface area (Å²) in [4.78, 5) is 54.7. The van der Waals surface area contributed by atoms with Gasteiger partial charge in [0.1, 0.15) is 5.75 Å². The van der Waals surface area contributed by atoms with Gasteiger partial charge in [0.15, 0.2) is 0 Å². The highest BCUT2D eigenvalue weighted by molar-refractivity contribution is 6.31. The molecule has 2 heterocycles. The molecule has 182 valence electrons. The molecule has 3 amide bonds. The van der Waals surface area contributed by atoms with Crippen molar-refractivity contribution >= 4 is 46.7 Å². The molecular weight excluding hydrogens is 480 g/mol. The van der Waals surface area contributed by atoms with Crippen LogP contribution >= 0.6 is 11.6 Å².